The van der Waals surface area contributed by atoms with Crippen molar-refractivity contribution in [3.05, 3.63) is 33.4 Å². The lowest BCUT2D eigenvalue weighted by Crippen LogP contribution is -2.42. The summed E-state index contributed by atoms with van der Waals surface area (Å²) in [6.07, 6.45) is 2.07. The molecule has 3 nitrogen and oxygen atoms in total. The van der Waals surface area contributed by atoms with Crippen LogP contribution in [0.1, 0.15) is 30.1 Å². The van der Waals surface area contributed by atoms with Crippen molar-refractivity contribution in [3.63, 3.8) is 0 Å². The molecule has 106 valence electrons. The molecule has 1 fully saturated rings. The second-order valence-corrected chi connectivity index (χ2v) is 5.90. The van der Waals surface area contributed by atoms with Crippen LogP contribution in [-0.2, 0) is 0 Å². The van der Waals surface area contributed by atoms with Crippen LogP contribution in [0.25, 0.3) is 0 Å². The predicted octanol–water partition coefficient (Wildman–Crippen LogP) is 2.93. The monoisotopic (exact) mass is 394 g/mol. The molecule has 0 spiro atoms. The van der Waals surface area contributed by atoms with E-state index in [0.717, 1.165) is 41.6 Å². The van der Waals surface area contributed by atoms with Crippen LogP contribution >= 0.6 is 35.0 Å². The lowest BCUT2D eigenvalue weighted by molar-refractivity contribution is 0.0692. The summed E-state index contributed by atoms with van der Waals surface area (Å²) >= 11 is 2.26. The minimum Gasteiger partial charge on any atom is -0.334 e. The fourth-order valence-electron chi connectivity index (χ4n) is 2.35. The van der Waals surface area contributed by atoms with E-state index in [1.54, 1.807) is 0 Å². The zero-order valence-electron chi connectivity index (χ0n) is 11.1. The molecule has 5 heteroatoms. The van der Waals surface area contributed by atoms with E-state index < -0.39 is 0 Å². The zero-order chi connectivity index (χ0) is 13.0. The highest BCUT2D eigenvalue weighted by Crippen LogP contribution is 2.15. The van der Waals surface area contributed by atoms with Crippen molar-refractivity contribution in [3.8, 4) is 0 Å². The van der Waals surface area contributed by atoms with Gasteiger partial charge in [0.05, 0.1) is 0 Å². The summed E-state index contributed by atoms with van der Waals surface area (Å²) in [6, 6.07) is 8.19. The van der Waals surface area contributed by atoms with Crippen molar-refractivity contribution in [2.75, 3.05) is 19.6 Å². The number of carbonyl (C=O) groups is 1. The highest BCUT2D eigenvalue weighted by Gasteiger charge is 2.26. The molecule has 1 aliphatic rings. The quantitative estimate of drug-likeness (QED) is 0.797. The molecule has 0 saturated carbocycles. The molecule has 1 N–H and O–H groups in total. The van der Waals surface area contributed by atoms with Gasteiger partial charge in [0.25, 0.3) is 5.91 Å². The molecule has 1 atom stereocenters. The zero-order valence-corrected chi connectivity index (χ0v) is 14.0. The molecule has 2 rings (SSSR count). The van der Waals surface area contributed by atoms with Gasteiger partial charge in [-0.15, -0.1) is 12.4 Å². The number of amides is 1. The van der Waals surface area contributed by atoms with Gasteiger partial charge in [0, 0.05) is 28.3 Å². The minimum atomic E-state index is 0. The Morgan fingerprint density at radius 1 is 1.42 bits per heavy atom. The Bertz CT molecular complexity index is 404. The lowest BCUT2D eigenvalue weighted by Gasteiger charge is -2.28. The van der Waals surface area contributed by atoms with Gasteiger partial charge in [-0.05, 0) is 66.2 Å². The van der Waals surface area contributed by atoms with Gasteiger partial charge in [0.2, 0.25) is 0 Å². The Labute approximate surface area is 134 Å². The first-order valence-corrected chi connectivity index (χ1v) is 7.57. The number of benzene rings is 1. The first kappa shape index (κ1) is 16.7. The molecule has 0 radical (unpaired) electrons. The highest BCUT2D eigenvalue weighted by molar-refractivity contribution is 14.1. The summed E-state index contributed by atoms with van der Waals surface area (Å²) in [4.78, 5) is 14.6. The topological polar surface area (TPSA) is 32.3 Å². The van der Waals surface area contributed by atoms with Crippen molar-refractivity contribution in [2.45, 2.75) is 25.8 Å². The van der Waals surface area contributed by atoms with Crippen LogP contribution in [0.4, 0.5) is 0 Å². The Balaban J connectivity index is 0.00000180. The first-order valence-electron chi connectivity index (χ1n) is 6.49. The van der Waals surface area contributed by atoms with Crippen LogP contribution in [0.5, 0.6) is 0 Å². The summed E-state index contributed by atoms with van der Waals surface area (Å²) in [6.45, 7) is 4.91. The second-order valence-electron chi connectivity index (χ2n) is 4.65. The van der Waals surface area contributed by atoms with E-state index >= 15 is 0 Å². The number of hydrogen-bond donors (Lipinski definition) is 1. The molecule has 1 aromatic rings. The average Bonchev–Trinajstić information content (AvgIpc) is 2.90. The van der Waals surface area contributed by atoms with Crippen molar-refractivity contribution in [2.24, 2.45) is 0 Å². The van der Waals surface area contributed by atoms with Crippen molar-refractivity contribution >= 4 is 40.9 Å². The second kappa shape index (κ2) is 8.07. The van der Waals surface area contributed by atoms with E-state index in [-0.39, 0.29) is 18.3 Å². The molecule has 1 aliphatic heterocycles. The maximum absolute atomic E-state index is 12.5. The van der Waals surface area contributed by atoms with Gasteiger partial charge in [-0.3, -0.25) is 4.79 Å². The molecule has 1 heterocycles. The van der Waals surface area contributed by atoms with E-state index in [4.69, 9.17) is 0 Å². The fourth-order valence-corrected chi connectivity index (χ4v) is 2.71. The molecular weight excluding hydrogens is 375 g/mol. The Hall–Kier alpha value is -0.330. The number of carbonyl (C=O) groups excluding carboxylic acids is 1. The van der Waals surface area contributed by atoms with Gasteiger partial charge in [-0.1, -0.05) is 6.92 Å². The fraction of sp³-hybridized carbons (Fsp3) is 0.500. The SMILES string of the molecule is CCCN(C(=O)c1ccc(I)cc1)C1CCNC1.Cl. The first-order chi connectivity index (χ1) is 8.72. The molecular formula is C14H20ClIN2O. The van der Waals surface area contributed by atoms with E-state index in [2.05, 4.69) is 34.8 Å². The van der Waals surface area contributed by atoms with Gasteiger partial charge >= 0.3 is 0 Å². The van der Waals surface area contributed by atoms with Crippen LogP contribution in [0, 0.1) is 3.57 Å². The lowest BCUT2D eigenvalue weighted by atomic mass is 10.1. The number of nitrogens with one attached hydrogen (secondary N) is 1. The Morgan fingerprint density at radius 2 is 2.11 bits per heavy atom. The van der Waals surface area contributed by atoms with Gasteiger partial charge < -0.3 is 10.2 Å². The van der Waals surface area contributed by atoms with E-state index in [0.29, 0.717) is 6.04 Å². The van der Waals surface area contributed by atoms with Crippen LogP contribution in [-0.4, -0.2) is 36.5 Å². The molecule has 19 heavy (non-hydrogen) atoms. The number of hydrogen-bond acceptors (Lipinski definition) is 2. The van der Waals surface area contributed by atoms with E-state index in [1.807, 2.05) is 29.2 Å². The summed E-state index contributed by atoms with van der Waals surface area (Å²) in [5.74, 6) is 0.168. The third-order valence-electron chi connectivity index (χ3n) is 3.29. The summed E-state index contributed by atoms with van der Waals surface area (Å²) < 4.78 is 1.16. The minimum absolute atomic E-state index is 0. The molecule has 0 aromatic heterocycles. The third-order valence-corrected chi connectivity index (χ3v) is 4.01. The molecule has 0 aliphatic carbocycles. The molecule has 1 unspecified atom stereocenters. The van der Waals surface area contributed by atoms with Crippen LogP contribution in [0.15, 0.2) is 24.3 Å². The Morgan fingerprint density at radius 3 is 2.63 bits per heavy atom. The van der Waals surface area contributed by atoms with E-state index in [1.165, 1.54) is 0 Å². The normalized spacial score (nSPS) is 17.9. The summed E-state index contributed by atoms with van der Waals surface area (Å²) in [5, 5.41) is 3.33. The van der Waals surface area contributed by atoms with Gasteiger partial charge in [-0.25, -0.2) is 0 Å². The Kier molecular flexibility index (Phi) is 7.10. The number of nitrogens with zero attached hydrogens (tertiary/aromatic N) is 1. The summed E-state index contributed by atoms with van der Waals surface area (Å²) in [5.41, 5.74) is 0.802. The van der Waals surface area contributed by atoms with Crippen molar-refractivity contribution in [1.29, 1.82) is 0 Å². The third kappa shape index (κ3) is 4.33. The van der Waals surface area contributed by atoms with Gasteiger partial charge in [0.15, 0.2) is 0 Å². The summed E-state index contributed by atoms with van der Waals surface area (Å²) in [7, 11) is 0. The molecule has 0 bridgehead atoms. The number of rotatable bonds is 4. The molecule has 1 saturated heterocycles. The molecule has 1 amide bonds. The maximum atomic E-state index is 12.5. The standard InChI is InChI=1S/C14H19IN2O.ClH/c1-2-9-17(13-7-8-16-10-13)14(18)11-3-5-12(15)6-4-11;/h3-6,13,16H,2,7-10H2,1H3;1H. The van der Waals surface area contributed by atoms with Crippen LogP contribution in [0.2, 0.25) is 0 Å². The van der Waals surface area contributed by atoms with Gasteiger partial charge in [0.1, 0.15) is 0 Å². The van der Waals surface area contributed by atoms with Crippen LogP contribution < -0.4 is 5.32 Å². The van der Waals surface area contributed by atoms with Gasteiger partial charge in [-0.2, -0.15) is 0 Å². The smallest absolute Gasteiger partial charge is 0.254 e. The number of halogens is 2. The predicted molar refractivity (Wildman–Crippen MR) is 89.0 cm³/mol. The maximum Gasteiger partial charge on any atom is 0.254 e. The largest absolute Gasteiger partial charge is 0.334 e. The molecule has 1 aromatic carbocycles. The highest BCUT2D eigenvalue weighted by atomic mass is 127. The van der Waals surface area contributed by atoms with Crippen molar-refractivity contribution in [1.82, 2.24) is 10.2 Å². The van der Waals surface area contributed by atoms with Crippen LogP contribution in [0.3, 0.4) is 0 Å². The van der Waals surface area contributed by atoms with E-state index in [9.17, 15) is 4.79 Å². The van der Waals surface area contributed by atoms with Crippen molar-refractivity contribution < 1.29 is 4.79 Å². The average molecular weight is 395 g/mol.